The molecule has 118 valence electrons. The van der Waals surface area contributed by atoms with Gasteiger partial charge in [-0.25, -0.2) is 0 Å². The lowest BCUT2D eigenvalue weighted by atomic mass is 9.80. The number of benzene rings is 1. The van der Waals surface area contributed by atoms with E-state index in [1.165, 1.54) is 0 Å². The standard InChI is InChI=1S/C16H22N4O2/c1-12-17-15(18-22-12)20-10-9-16(21,14(11-20)19(2)3)13-7-5-4-6-8-13/h4-8,14,21H,9-11H2,1-3H3/t14-,16+/m1/s1. The second-order valence-electron chi connectivity index (χ2n) is 6.08. The Morgan fingerprint density at radius 1 is 1.32 bits per heavy atom. The predicted molar refractivity (Wildman–Crippen MR) is 83.7 cm³/mol. The minimum absolute atomic E-state index is 0.0533. The maximum absolute atomic E-state index is 11.3. The Labute approximate surface area is 130 Å². The molecule has 1 aromatic heterocycles. The van der Waals surface area contributed by atoms with Crippen LogP contribution in [-0.4, -0.2) is 53.4 Å². The zero-order valence-electron chi connectivity index (χ0n) is 13.2. The summed E-state index contributed by atoms with van der Waals surface area (Å²) in [6.07, 6.45) is 0.618. The van der Waals surface area contributed by atoms with E-state index < -0.39 is 5.60 Å². The highest BCUT2D eigenvalue weighted by atomic mass is 16.5. The van der Waals surface area contributed by atoms with E-state index in [1.54, 1.807) is 6.92 Å². The van der Waals surface area contributed by atoms with Crippen LogP contribution < -0.4 is 4.90 Å². The lowest BCUT2D eigenvalue weighted by Crippen LogP contribution is -2.59. The van der Waals surface area contributed by atoms with Crippen LogP contribution in [0, 0.1) is 6.92 Å². The van der Waals surface area contributed by atoms with Crippen molar-refractivity contribution in [1.82, 2.24) is 15.0 Å². The van der Waals surface area contributed by atoms with Crippen molar-refractivity contribution < 1.29 is 9.63 Å². The van der Waals surface area contributed by atoms with Crippen LogP contribution in [0.5, 0.6) is 0 Å². The maximum Gasteiger partial charge on any atom is 0.266 e. The lowest BCUT2D eigenvalue weighted by molar-refractivity contribution is -0.0529. The maximum atomic E-state index is 11.3. The molecule has 2 atom stereocenters. The summed E-state index contributed by atoms with van der Waals surface area (Å²) in [5, 5.41) is 15.3. The summed E-state index contributed by atoms with van der Waals surface area (Å²) in [5.74, 6) is 1.15. The molecule has 0 radical (unpaired) electrons. The first kappa shape index (κ1) is 15.0. The highest BCUT2D eigenvalue weighted by Crippen LogP contribution is 2.36. The molecule has 1 aliphatic heterocycles. The summed E-state index contributed by atoms with van der Waals surface area (Å²) in [5.41, 5.74) is 0.0812. The topological polar surface area (TPSA) is 65.6 Å². The highest BCUT2D eigenvalue weighted by Gasteiger charge is 2.44. The molecular formula is C16H22N4O2. The summed E-state index contributed by atoms with van der Waals surface area (Å²) >= 11 is 0. The third-order valence-electron chi connectivity index (χ3n) is 4.40. The van der Waals surface area contributed by atoms with Gasteiger partial charge in [-0.15, -0.1) is 0 Å². The number of hydrogen-bond acceptors (Lipinski definition) is 6. The number of nitrogens with zero attached hydrogens (tertiary/aromatic N) is 4. The van der Waals surface area contributed by atoms with E-state index in [0.29, 0.717) is 31.3 Å². The van der Waals surface area contributed by atoms with E-state index in [-0.39, 0.29) is 6.04 Å². The molecule has 1 fully saturated rings. The van der Waals surface area contributed by atoms with E-state index in [9.17, 15) is 5.11 Å². The Hall–Kier alpha value is -1.92. The highest BCUT2D eigenvalue weighted by molar-refractivity contribution is 5.34. The molecule has 1 aromatic carbocycles. The summed E-state index contributed by atoms with van der Waals surface area (Å²) in [6, 6.07) is 9.83. The number of rotatable bonds is 3. The molecule has 2 aromatic rings. The average Bonchev–Trinajstić information content (AvgIpc) is 2.95. The van der Waals surface area contributed by atoms with Crippen LogP contribution in [0.1, 0.15) is 17.9 Å². The first-order chi connectivity index (χ1) is 10.5. The smallest absolute Gasteiger partial charge is 0.266 e. The Kier molecular flexibility index (Phi) is 3.88. The third kappa shape index (κ3) is 2.60. The molecule has 1 aliphatic rings. The van der Waals surface area contributed by atoms with E-state index in [2.05, 4.69) is 19.9 Å². The van der Waals surface area contributed by atoms with Gasteiger partial charge in [0.1, 0.15) is 5.60 Å². The van der Waals surface area contributed by atoms with Crippen LogP contribution in [0.2, 0.25) is 0 Å². The predicted octanol–water partition coefficient (Wildman–Crippen LogP) is 1.41. The van der Waals surface area contributed by atoms with Gasteiger partial charge < -0.3 is 19.4 Å². The fraction of sp³-hybridized carbons (Fsp3) is 0.500. The van der Waals surface area contributed by atoms with Crippen molar-refractivity contribution in [1.29, 1.82) is 0 Å². The summed E-state index contributed by atoms with van der Waals surface area (Å²) in [4.78, 5) is 8.43. The molecule has 22 heavy (non-hydrogen) atoms. The van der Waals surface area contributed by atoms with Gasteiger partial charge in [-0.3, -0.25) is 0 Å². The van der Waals surface area contributed by atoms with E-state index in [4.69, 9.17) is 4.52 Å². The van der Waals surface area contributed by atoms with E-state index >= 15 is 0 Å². The van der Waals surface area contributed by atoms with Gasteiger partial charge in [-0.2, -0.15) is 4.98 Å². The van der Waals surface area contributed by atoms with Gasteiger partial charge in [0.15, 0.2) is 0 Å². The van der Waals surface area contributed by atoms with Gasteiger partial charge in [0.25, 0.3) is 5.95 Å². The molecule has 0 unspecified atom stereocenters. The van der Waals surface area contributed by atoms with Gasteiger partial charge in [0.05, 0.1) is 6.04 Å². The molecule has 0 saturated carbocycles. The number of aryl methyl sites for hydroxylation is 1. The second-order valence-corrected chi connectivity index (χ2v) is 6.08. The van der Waals surface area contributed by atoms with Crippen LogP contribution in [0.15, 0.2) is 34.9 Å². The Balaban J connectivity index is 1.89. The van der Waals surface area contributed by atoms with E-state index in [1.807, 2.05) is 44.4 Å². The van der Waals surface area contributed by atoms with Crippen LogP contribution in [0.4, 0.5) is 5.95 Å². The fourth-order valence-electron chi connectivity index (χ4n) is 3.18. The van der Waals surface area contributed by atoms with Gasteiger partial charge in [-0.05, 0) is 31.2 Å². The van der Waals surface area contributed by atoms with E-state index in [0.717, 1.165) is 5.56 Å². The first-order valence-corrected chi connectivity index (χ1v) is 7.50. The minimum Gasteiger partial charge on any atom is -0.383 e. The van der Waals surface area contributed by atoms with Crippen molar-refractivity contribution >= 4 is 5.95 Å². The van der Waals surface area contributed by atoms with Gasteiger partial charge >= 0.3 is 0 Å². The summed E-state index contributed by atoms with van der Waals surface area (Å²) in [6.45, 7) is 3.12. The van der Waals surface area contributed by atoms with Crippen molar-refractivity contribution in [3.8, 4) is 0 Å². The van der Waals surface area contributed by atoms with Crippen LogP contribution in [-0.2, 0) is 5.60 Å². The van der Waals surface area contributed by atoms with Crippen molar-refractivity contribution in [2.24, 2.45) is 0 Å². The quantitative estimate of drug-likeness (QED) is 0.924. The SMILES string of the molecule is Cc1nc(N2CC[C@](O)(c3ccccc3)[C@H](N(C)C)C2)no1. The number of aliphatic hydroxyl groups is 1. The molecule has 0 spiro atoms. The third-order valence-corrected chi connectivity index (χ3v) is 4.40. The minimum atomic E-state index is -0.875. The average molecular weight is 302 g/mol. The van der Waals surface area contributed by atoms with Crippen molar-refractivity contribution in [2.45, 2.75) is 25.0 Å². The molecule has 2 heterocycles. The summed E-state index contributed by atoms with van der Waals surface area (Å²) in [7, 11) is 3.98. The largest absolute Gasteiger partial charge is 0.383 e. The van der Waals surface area contributed by atoms with Crippen LogP contribution >= 0.6 is 0 Å². The fourth-order valence-corrected chi connectivity index (χ4v) is 3.18. The number of hydrogen-bond donors (Lipinski definition) is 1. The molecule has 3 rings (SSSR count). The van der Waals surface area contributed by atoms with Gasteiger partial charge in [0.2, 0.25) is 5.89 Å². The Morgan fingerprint density at radius 2 is 2.05 bits per heavy atom. The molecule has 0 aliphatic carbocycles. The molecular weight excluding hydrogens is 280 g/mol. The normalized spacial score (nSPS) is 25.7. The first-order valence-electron chi connectivity index (χ1n) is 7.50. The second kappa shape index (κ2) is 5.70. The van der Waals surface area contributed by atoms with Crippen LogP contribution in [0.25, 0.3) is 0 Å². The van der Waals surface area contributed by atoms with Crippen molar-refractivity contribution in [3.05, 3.63) is 41.8 Å². The number of piperidine rings is 1. The zero-order chi connectivity index (χ0) is 15.7. The van der Waals surface area contributed by atoms with Gasteiger partial charge in [-0.1, -0.05) is 30.3 Å². The van der Waals surface area contributed by atoms with Crippen molar-refractivity contribution in [3.63, 3.8) is 0 Å². The molecule has 6 heteroatoms. The molecule has 1 N–H and O–H groups in total. The van der Waals surface area contributed by atoms with Crippen LogP contribution in [0.3, 0.4) is 0 Å². The lowest BCUT2D eigenvalue weighted by Gasteiger charge is -2.47. The monoisotopic (exact) mass is 302 g/mol. The molecule has 6 nitrogen and oxygen atoms in total. The number of likely N-dealkylation sites (N-methyl/N-ethyl adjacent to an activating group) is 1. The van der Waals surface area contributed by atoms with Gasteiger partial charge in [0, 0.05) is 20.0 Å². The molecule has 1 saturated heterocycles. The number of anilines is 1. The Morgan fingerprint density at radius 3 is 2.64 bits per heavy atom. The molecule has 0 amide bonds. The number of aromatic nitrogens is 2. The summed E-state index contributed by atoms with van der Waals surface area (Å²) < 4.78 is 5.07. The molecule has 0 bridgehead atoms. The zero-order valence-corrected chi connectivity index (χ0v) is 13.2. The Bertz CT molecular complexity index is 628. The van der Waals surface area contributed by atoms with Crippen molar-refractivity contribution in [2.75, 3.05) is 32.1 Å².